The number of likely N-dealkylation sites (N-methyl/N-ethyl adjacent to an activating group) is 2. The molecule has 0 amide bonds. The smallest absolute Gasteiger partial charge is 0.0501 e. The highest BCUT2D eigenvalue weighted by Crippen LogP contribution is 2.24. The third-order valence-electron chi connectivity index (χ3n) is 3.78. The molecular formula is C13H23N5. The number of nitrogens with two attached hydrogens (primary N) is 2. The van der Waals surface area contributed by atoms with Crippen molar-refractivity contribution >= 4 is 5.69 Å². The lowest BCUT2D eigenvalue weighted by atomic mass is 9.99. The quantitative estimate of drug-likeness (QED) is 0.789. The Morgan fingerprint density at radius 3 is 2.89 bits per heavy atom. The van der Waals surface area contributed by atoms with E-state index in [0.717, 1.165) is 30.9 Å². The first kappa shape index (κ1) is 13.3. The van der Waals surface area contributed by atoms with Crippen molar-refractivity contribution in [1.82, 2.24) is 14.8 Å². The van der Waals surface area contributed by atoms with E-state index in [1.807, 2.05) is 6.07 Å². The molecular weight excluding hydrogens is 226 g/mol. The van der Waals surface area contributed by atoms with Gasteiger partial charge in [-0.25, -0.2) is 0 Å². The molecule has 2 atom stereocenters. The third-order valence-corrected chi connectivity index (χ3v) is 3.78. The standard InChI is InChI=1S/C13H23N5/c1-17-6-3-7-18(2)12(9-17)13(15)10-8-16-5-4-11(10)14/h4-5,8,12-13H,3,6-7,9,15H2,1-2H3,(H2,14,16). The second kappa shape index (κ2) is 5.65. The fourth-order valence-electron chi connectivity index (χ4n) is 2.60. The summed E-state index contributed by atoms with van der Waals surface area (Å²) in [5.74, 6) is 0. The van der Waals surface area contributed by atoms with Gasteiger partial charge in [-0.3, -0.25) is 4.98 Å². The van der Waals surface area contributed by atoms with Crippen molar-refractivity contribution in [2.45, 2.75) is 18.5 Å². The molecule has 2 rings (SSSR count). The third kappa shape index (κ3) is 2.80. The van der Waals surface area contributed by atoms with Gasteiger partial charge in [0.25, 0.3) is 0 Å². The number of nitrogens with zero attached hydrogens (tertiary/aromatic N) is 3. The molecule has 0 aromatic carbocycles. The van der Waals surface area contributed by atoms with Gasteiger partial charge in [-0.2, -0.15) is 0 Å². The minimum absolute atomic E-state index is 0.0933. The van der Waals surface area contributed by atoms with E-state index >= 15 is 0 Å². The summed E-state index contributed by atoms with van der Waals surface area (Å²) in [5, 5.41) is 0. The summed E-state index contributed by atoms with van der Waals surface area (Å²) in [6, 6.07) is 2.00. The Morgan fingerprint density at radius 1 is 1.39 bits per heavy atom. The lowest BCUT2D eigenvalue weighted by Gasteiger charge is -2.32. The molecule has 1 fully saturated rings. The van der Waals surface area contributed by atoms with Gasteiger partial charge in [-0.1, -0.05) is 0 Å². The van der Waals surface area contributed by atoms with Crippen molar-refractivity contribution in [3.63, 3.8) is 0 Å². The molecule has 18 heavy (non-hydrogen) atoms. The van der Waals surface area contributed by atoms with E-state index in [1.54, 1.807) is 12.4 Å². The summed E-state index contributed by atoms with van der Waals surface area (Å²) in [4.78, 5) is 8.80. The number of nitrogen functional groups attached to an aromatic ring is 1. The molecule has 1 aromatic heterocycles. The Hall–Kier alpha value is -1.17. The fraction of sp³-hybridized carbons (Fsp3) is 0.615. The predicted octanol–water partition coefficient (Wildman–Crippen LogP) is 0.300. The van der Waals surface area contributed by atoms with Crippen molar-refractivity contribution < 1.29 is 0 Å². The monoisotopic (exact) mass is 249 g/mol. The number of aromatic nitrogens is 1. The number of rotatable bonds is 2. The van der Waals surface area contributed by atoms with Crippen LogP contribution >= 0.6 is 0 Å². The van der Waals surface area contributed by atoms with Crippen LogP contribution in [0.25, 0.3) is 0 Å². The van der Waals surface area contributed by atoms with E-state index in [0.29, 0.717) is 0 Å². The zero-order valence-corrected chi connectivity index (χ0v) is 11.2. The Labute approximate surface area is 109 Å². The summed E-state index contributed by atoms with van der Waals surface area (Å²) in [6.07, 6.45) is 4.67. The van der Waals surface area contributed by atoms with Gasteiger partial charge >= 0.3 is 0 Å². The van der Waals surface area contributed by atoms with Gasteiger partial charge in [-0.15, -0.1) is 0 Å². The van der Waals surface area contributed by atoms with E-state index < -0.39 is 0 Å². The fourth-order valence-corrected chi connectivity index (χ4v) is 2.60. The lowest BCUT2D eigenvalue weighted by molar-refractivity contribution is 0.196. The first-order valence-corrected chi connectivity index (χ1v) is 6.43. The molecule has 5 nitrogen and oxygen atoms in total. The number of hydrogen-bond donors (Lipinski definition) is 2. The Morgan fingerprint density at radius 2 is 2.17 bits per heavy atom. The Kier molecular flexibility index (Phi) is 4.16. The molecule has 2 heterocycles. The Bertz CT molecular complexity index is 395. The van der Waals surface area contributed by atoms with Gasteiger partial charge in [0.15, 0.2) is 0 Å². The van der Waals surface area contributed by atoms with E-state index in [4.69, 9.17) is 11.5 Å². The zero-order valence-electron chi connectivity index (χ0n) is 11.2. The summed E-state index contributed by atoms with van der Waals surface area (Å²) >= 11 is 0. The molecule has 0 radical (unpaired) electrons. The number of hydrogen-bond acceptors (Lipinski definition) is 5. The lowest BCUT2D eigenvalue weighted by Crippen LogP contribution is -2.45. The molecule has 0 bridgehead atoms. The van der Waals surface area contributed by atoms with Gasteiger partial charge in [-0.05, 0) is 39.7 Å². The van der Waals surface area contributed by atoms with Crippen LogP contribution in [0, 0.1) is 0 Å². The van der Waals surface area contributed by atoms with Crippen LogP contribution in [0.15, 0.2) is 18.5 Å². The molecule has 0 aliphatic carbocycles. The van der Waals surface area contributed by atoms with Gasteiger partial charge in [0.05, 0.1) is 6.04 Å². The average Bonchev–Trinajstić information content (AvgIpc) is 2.51. The highest BCUT2D eigenvalue weighted by molar-refractivity contribution is 5.46. The van der Waals surface area contributed by atoms with E-state index in [2.05, 4.69) is 28.9 Å². The number of anilines is 1. The molecule has 0 spiro atoms. The molecule has 5 heteroatoms. The minimum Gasteiger partial charge on any atom is -0.398 e. The molecule has 4 N–H and O–H groups in total. The average molecular weight is 249 g/mol. The minimum atomic E-state index is -0.0933. The second-order valence-electron chi connectivity index (χ2n) is 5.19. The molecule has 1 aliphatic heterocycles. The van der Waals surface area contributed by atoms with Crippen LogP contribution in [0.3, 0.4) is 0 Å². The molecule has 1 saturated heterocycles. The van der Waals surface area contributed by atoms with Crippen molar-refractivity contribution in [2.24, 2.45) is 5.73 Å². The molecule has 2 unspecified atom stereocenters. The first-order valence-electron chi connectivity index (χ1n) is 6.43. The Balaban J connectivity index is 2.20. The van der Waals surface area contributed by atoms with Crippen LogP contribution in [-0.4, -0.2) is 54.6 Å². The van der Waals surface area contributed by atoms with Gasteiger partial charge < -0.3 is 21.3 Å². The maximum Gasteiger partial charge on any atom is 0.0501 e. The topological polar surface area (TPSA) is 71.4 Å². The SMILES string of the molecule is CN1CCCN(C)C(C(N)c2cnccc2N)C1. The van der Waals surface area contributed by atoms with Gasteiger partial charge in [0.1, 0.15) is 0 Å². The van der Waals surface area contributed by atoms with Crippen molar-refractivity contribution in [3.8, 4) is 0 Å². The molecule has 1 aromatic rings. The van der Waals surface area contributed by atoms with Crippen molar-refractivity contribution in [3.05, 3.63) is 24.0 Å². The summed E-state index contributed by atoms with van der Waals surface area (Å²) in [5.41, 5.74) is 14.1. The summed E-state index contributed by atoms with van der Waals surface area (Å²) in [7, 11) is 4.28. The van der Waals surface area contributed by atoms with E-state index in [9.17, 15) is 0 Å². The van der Waals surface area contributed by atoms with Crippen LogP contribution in [0.2, 0.25) is 0 Å². The highest BCUT2D eigenvalue weighted by atomic mass is 15.2. The van der Waals surface area contributed by atoms with Gasteiger partial charge in [0, 0.05) is 36.2 Å². The van der Waals surface area contributed by atoms with Crippen LogP contribution in [0.5, 0.6) is 0 Å². The molecule has 0 saturated carbocycles. The van der Waals surface area contributed by atoms with Crippen LogP contribution in [0.1, 0.15) is 18.0 Å². The molecule has 1 aliphatic rings. The maximum absolute atomic E-state index is 6.40. The van der Waals surface area contributed by atoms with Crippen LogP contribution < -0.4 is 11.5 Å². The summed E-state index contributed by atoms with van der Waals surface area (Å²) < 4.78 is 0. The van der Waals surface area contributed by atoms with Crippen LogP contribution in [0.4, 0.5) is 5.69 Å². The second-order valence-corrected chi connectivity index (χ2v) is 5.19. The largest absolute Gasteiger partial charge is 0.398 e. The van der Waals surface area contributed by atoms with E-state index in [-0.39, 0.29) is 12.1 Å². The normalized spacial score (nSPS) is 24.7. The van der Waals surface area contributed by atoms with Gasteiger partial charge in [0.2, 0.25) is 0 Å². The molecule has 100 valence electrons. The first-order chi connectivity index (χ1) is 8.59. The number of pyridine rings is 1. The highest BCUT2D eigenvalue weighted by Gasteiger charge is 2.28. The maximum atomic E-state index is 6.40. The predicted molar refractivity (Wildman–Crippen MR) is 74.1 cm³/mol. The van der Waals surface area contributed by atoms with Crippen LogP contribution in [-0.2, 0) is 0 Å². The zero-order chi connectivity index (χ0) is 13.1. The summed E-state index contributed by atoms with van der Waals surface area (Å²) in [6.45, 7) is 3.16. The van der Waals surface area contributed by atoms with E-state index in [1.165, 1.54) is 6.42 Å². The van der Waals surface area contributed by atoms with Crippen molar-refractivity contribution in [1.29, 1.82) is 0 Å². The van der Waals surface area contributed by atoms with Crippen molar-refractivity contribution in [2.75, 3.05) is 39.5 Å².